The number of sulfonamides is 3. The third-order valence-electron chi connectivity index (χ3n) is 1.96. The summed E-state index contributed by atoms with van der Waals surface area (Å²) in [6.45, 7) is 0. The Kier molecular flexibility index (Phi) is 4.36. The van der Waals surface area contributed by atoms with Crippen LogP contribution < -0.4 is 8.43 Å². The van der Waals surface area contributed by atoms with Crippen LogP contribution in [0.25, 0.3) is 0 Å². The molecule has 11 heteroatoms. The molecule has 1 aromatic rings. The maximum absolute atomic E-state index is 11.6. The molecule has 0 atom stereocenters. The van der Waals surface area contributed by atoms with E-state index in [0.717, 1.165) is 24.8 Å². The van der Waals surface area contributed by atoms with E-state index in [-0.39, 0.29) is 15.1 Å². The molecule has 0 aliphatic rings. The third-order valence-corrected chi connectivity index (χ3v) is 5.82. The van der Waals surface area contributed by atoms with E-state index in [1.807, 2.05) is 0 Å². The Hall–Kier alpha value is -1.33. The van der Waals surface area contributed by atoms with Crippen molar-refractivity contribution in [3.63, 3.8) is 0 Å². The van der Waals surface area contributed by atoms with Crippen molar-refractivity contribution < 1.29 is 25.3 Å². The predicted molar refractivity (Wildman–Crippen MR) is 77.1 cm³/mol. The zero-order chi connectivity index (χ0) is 15.8. The minimum Gasteiger partial charge on any atom is -0.284 e. The lowest BCUT2D eigenvalue weighted by molar-refractivity contribution is 0.590. The summed E-state index contributed by atoms with van der Waals surface area (Å²) in [7, 11) is -11.7. The largest absolute Gasteiger partial charge is 0.284 e. The van der Waals surface area contributed by atoms with Gasteiger partial charge in [-0.1, -0.05) is 6.07 Å². The molecule has 0 heterocycles. The van der Waals surface area contributed by atoms with Crippen LogP contribution in [0, 0.1) is 0 Å². The van der Waals surface area contributed by atoms with Crippen LogP contribution >= 0.6 is 0 Å². The van der Waals surface area contributed by atoms with E-state index in [9.17, 15) is 25.3 Å². The van der Waals surface area contributed by atoms with Crippen molar-refractivity contribution in [2.45, 2.75) is 0 Å². The molecule has 114 valence electrons. The fourth-order valence-electron chi connectivity index (χ4n) is 1.53. The first-order valence-corrected chi connectivity index (χ1v) is 10.7. The molecule has 20 heavy (non-hydrogen) atoms. The first kappa shape index (κ1) is 16.7. The van der Waals surface area contributed by atoms with Crippen LogP contribution in [-0.4, -0.2) is 44.0 Å². The molecular weight excluding hydrogens is 328 g/mol. The average molecular weight is 342 g/mol. The molecule has 0 saturated heterocycles. The summed E-state index contributed by atoms with van der Waals surface area (Å²) in [6, 6.07) is 5.07. The molecule has 1 N–H and O–H groups in total. The number of nitrogens with one attached hydrogen (secondary N) is 1. The number of benzene rings is 1. The Bertz CT molecular complexity index is 779. The van der Waals surface area contributed by atoms with Gasteiger partial charge in [0, 0.05) is 0 Å². The maximum atomic E-state index is 11.6. The smallest absolute Gasteiger partial charge is 0.245 e. The van der Waals surface area contributed by atoms with Crippen molar-refractivity contribution in [1.29, 1.82) is 0 Å². The lowest BCUT2D eigenvalue weighted by atomic mass is 10.3. The van der Waals surface area contributed by atoms with Gasteiger partial charge in [0.2, 0.25) is 30.1 Å². The van der Waals surface area contributed by atoms with E-state index in [0.29, 0.717) is 0 Å². The van der Waals surface area contributed by atoms with Crippen LogP contribution in [-0.2, 0) is 30.1 Å². The Morgan fingerprint density at radius 1 is 0.900 bits per heavy atom. The van der Waals surface area contributed by atoms with Crippen molar-refractivity contribution >= 4 is 41.4 Å². The highest BCUT2D eigenvalue weighted by molar-refractivity contribution is 8.09. The maximum Gasteiger partial charge on any atom is 0.245 e. The number of hydrogen-bond acceptors (Lipinski definition) is 6. The van der Waals surface area contributed by atoms with Gasteiger partial charge in [-0.15, -0.1) is 0 Å². The second kappa shape index (κ2) is 5.22. The normalized spacial score (nSPS) is 12.9. The van der Waals surface area contributed by atoms with E-state index in [1.165, 1.54) is 18.2 Å². The van der Waals surface area contributed by atoms with Crippen molar-refractivity contribution in [1.82, 2.24) is 0 Å². The molecule has 0 fully saturated rings. The Labute approximate surface area is 118 Å². The van der Waals surface area contributed by atoms with E-state index in [2.05, 4.69) is 4.72 Å². The summed E-state index contributed by atoms with van der Waals surface area (Å²) in [4.78, 5) is 0. The summed E-state index contributed by atoms with van der Waals surface area (Å²) >= 11 is 0. The lowest BCUT2D eigenvalue weighted by Crippen LogP contribution is -2.35. The van der Waals surface area contributed by atoms with E-state index < -0.39 is 30.1 Å². The molecule has 1 rings (SSSR count). The van der Waals surface area contributed by atoms with Crippen LogP contribution in [0.1, 0.15) is 0 Å². The Balaban J connectivity index is 3.42. The number of rotatable bonds is 5. The zero-order valence-corrected chi connectivity index (χ0v) is 13.4. The number of anilines is 2. The molecule has 0 aromatic heterocycles. The monoisotopic (exact) mass is 342 g/mol. The summed E-state index contributed by atoms with van der Waals surface area (Å²) in [5, 5.41) is 0. The number of hydrogen-bond donors (Lipinski definition) is 1. The van der Waals surface area contributed by atoms with Crippen molar-refractivity contribution in [2.24, 2.45) is 0 Å². The molecule has 0 aliphatic carbocycles. The fraction of sp³-hybridized carbons (Fsp3) is 0.333. The van der Waals surface area contributed by atoms with Crippen molar-refractivity contribution in [2.75, 3.05) is 27.2 Å². The van der Waals surface area contributed by atoms with Gasteiger partial charge in [-0.25, -0.2) is 25.3 Å². The van der Waals surface area contributed by atoms with Gasteiger partial charge >= 0.3 is 0 Å². The number of nitrogens with zero attached hydrogens (tertiary/aromatic N) is 1. The zero-order valence-electron chi connectivity index (χ0n) is 10.9. The fourth-order valence-corrected chi connectivity index (χ4v) is 5.04. The van der Waals surface area contributed by atoms with Gasteiger partial charge in [0.1, 0.15) is 0 Å². The highest BCUT2D eigenvalue weighted by Gasteiger charge is 2.27. The van der Waals surface area contributed by atoms with E-state index in [1.54, 1.807) is 0 Å². The van der Waals surface area contributed by atoms with Crippen LogP contribution in [0.4, 0.5) is 11.4 Å². The van der Waals surface area contributed by atoms with Gasteiger partial charge in [0.05, 0.1) is 30.1 Å². The second-order valence-corrected chi connectivity index (χ2v) is 9.79. The topological polar surface area (TPSA) is 118 Å². The van der Waals surface area contributed by atoms with E-state index >= 15 is 0 Å². The highest BCUT2D eigenvalue weighted by Crippen LogP contribution is 2.24. The molecule has 0 unspecified atom stereocenters. The lowest BCUT2D eigenvalue weighted by Gasteiger charge is -2.20. The molecule has 0 spiro atoms. The summed E-state index contributed by atoms with van der Waals surface area (Å²) in [5.41, 5.74) is -0.119. The Morgan fingerprint density at radius 3 is 1.80 bits per heavy atom. The molecule has 0 bridgehead atoms. The van der Waals surface area contributed by atoms with Crippen LogP contribution in [0.2, 0.25) is 0 Å². The van der Waals surface area contributed by atoms with Crippen LogP contribution in [0.5, 0.6) is 0 Å². The van der Waals surface area contributed by atoms with Crippen LogP contribution in [0.3, 0.4) is 0 Å². The van der Waals surface area contributed by atoms with Gasteiger partial charge in [0.25, 0.3) is 0 Å². The molecule has 0 amide bonds. The molecular formula is C9H14N2O6S3. The van der Waals surface area contributed by atoms with Crippen LogP contribution in [0.15, 0.2) is 24.3 Å². The summed E-state index contributed by atoms with van der Waals surface area (Å²) in [6.07, 6.45) is 2.40. The molecule has 0 aliphatic heterocycles. The van der Waals surface area contributed by atoms with Crippen molar-refractivity contribution in [3.05, 3.63) is 24.3 Å². The standard InChI is InChI=1S/C9H14N2O6S3/c1-18(12,13)10-8-5-4-6-9(7-8)11(19(2,14)15)20(3,16)17/h4-7,10H,1-3H3. The third kappa shape index (κ3) is 4.65. The summed E-state index contributed by atoms with van der Waals surface area (Å²) in [5.74, 6) is 0. The van der Waals surface area contributed by atoms with Gasteiger partial charge in [-0.05, 0) is 18.2 Å². The average Bonchev–Trinajstić information content (AvgIpc) is 2.09. The summed E-state index contributed by atoms with van der Waals surface area (Å²) < 4.78 is 70.9. The molecule has 1 aromatic carbocycles. The molecule has 0 radical (unpaired) electrons. The minimum absolute atomic E-state index is 0.0577. The predicted octanol–water partition coefficient (Wildman–Crippen LogP) is -0.216. The first-order chi connectivity index (χ1) is 8.81. The minimum atomic E-state index is -4.07. The van der Waals surface area contributed by atoms with Gasteiger partial charge in [-0.3, -0.25) is 4.72 Å². The SMILES string of the molecule is CS(=O)(=O)Nc1cccc(N(S(C)(=O)=O)S(C)(=O)=O)c1. The van der Waals surface area contributed by atoms with Crippen molar-refractivity contribution in [3.8, 4) is 0 Å². The van der Waals surface area contributed by atoms with Gasteiger partial charge in [0.15, 0.2) is 0 Å². The van der Waals surface area contributed by atoms with Gasteiger partial charge < -0.3 is 0 Å². The Morgan fingerprint density at radius 2 is 1.40 bits per heavy atom. The van der Waals surface area contributed by atoms with Gasteiger partial charge in [-0.2, -0.15) is 3.71 Å². The highest BCUT2D eigenvalue weighted by atomic mass is 32.3. The van der Waals surface area contributed by atoms with E-state index in [4.69, 9.17) is 0 Å². The second-order valence-electron chi connectivity index (χ2n) is 4.15. The quantitative estimate of drug-likeness (QED) is 0.790. The molecule has 0 saturated carbocycles. The first-order valence-electron chi connectivity index (χ1n) is 5.09. The molecule has 8 nitrogen and oxygen atoms in total.